The molecule has 2 saturated heterocycles. The van der Waals surface area contributed by atoms with Crippen LogP contribution in [0, 0.1) is 0 Å². The van der Waals surface area contributed by atoms with Gasteiger partial charge >= 0.3 is 0 Å². The fourth-order valence-corrected chi connectivity index (χ4v) is 3.71. The molecule has 1 aromatic heterocycles. The van der Waals surface area contributed by atoms with Gasteiger partial charge in [0.15, 0.2) is 0 Å². The Kier molecular flexibility index (Phi) is 4.33. The molecule has 0 spiro atoms. The Hall–Kier alpha value is -0.680. The van der Waals surface area contributed by atoms with E-state index in [2.05, 4.69) is 35.7 Å². The summed E-state index contributed by atoms with van der Waals surface area (Å²) in [5.74, 6) is 1.06. The van der Waals surface area contributed by atoms with Crippen molar-refractivity contribution in [3.8, 4) is 0 Å². The molecule has 0 saturated carbocycles. The number of nitrogens with zero attached hydrogens (tertiary/aromatic N) is 4. The summed E-state index contributed by atoms with van der Waals surface area (Å²) in [6.07, 6.45) is 10.2. The second-order valence-corrected chi connectivity index (χ2v) is 6.40. The lowest BCUT2D eigenvalue weighted by atomic mass is 10.1. The Labute approximate surface area is 123 Å². The summed E-state index contributed by atoms with van der Waals surface area (Å²) in [5.41, 5.74) is 0. The zero-order chi connectivity index (χ0) is 13.1. The highest BCUT2D eigenvalue weighted by atomic mass is 79.9. The van der Waals surface area contributed by atoms with Crippen LogP contribution in [0.2, 0.25) is 0 Å². The number of halogens is 1. The number of hydrogen-bond acceptors (Lipinski definition) is 4. The predicted molar refractivity (Wildman–Crippen MR) is 80.4 cm³/mol. The first-order valence-electron chi connectivity index (χ1n) is 7.29. The molecule has 2 aliphatic heterocycles. The van der Waals surface area contributed by atoms with E-state index in [1.165, 1.54) is 51.7 Å². The zero-order valence-corrected chi connectivity index (χ0v) is 12.8. The highest BCUT2D eigenvalue weighted by molar-refractivity contribution is 9.10. The first-order chi connectivity index (χ1) is 9.34. The van der Waals surface area contributed by atoms with E-state index in [9.17, 15) is 0 Å². The minimum Gasteiger partial charge on any atom is -0.351 e. The third kappa shape index (κ3) is 3.08. The molecule has 2 aliphatic rings. The SMILES string of the molecule is Brc1cncnc1N1CCC[C@H]1CN1CCCCC1. The van der Waals surface area contributed by atoms with Crippen LogP contribution in [0.3, 0.4) is 0 Å². The standard InChI is InChI=1S/C14H21BrN4/c15-13-9-16-11-17-14(13)19-8-4-5-12(19)10-18-6-2-1-3-7-18/h9,11-12H,1-8,10H2/t12-/m0/s1. The predicted octanol–water partition coefficient (Wildman–Crippen LogP) is 2.69. The minimum absolute atomic E-state index is 0.615. The van der Waals surface area contributed by atoms with E-state index in [0.717, 1.165) is 16.8 Å². The Bertz CT molecular complexity index is 420. The van der Waals surface area contributed by atoms with Gasteiger partial charge in [0.05, 0.1) is 4.47 Å². The van der Waals surface area contributed by atoms with Crippen LogP contribution in [0.25, 0.3) is 0 Å². The van der Waals surface area contributed by atoms with E-state index in [4.69, 9.17) is 0 Å². The lowest BCUT2D eigenvalue weighted by molar-refractivity contribution is 0.216. The first kappa shape index (κ1) is 13.3. The molecule has 4 nitrogen and oxygen atoms in total. The normalized spacial score (nSPS) is 24.9. The largest absolute Gasteiger partial charge is 0.351 e. The summed E-state index contributed by atoms with van der Waals surface area (Å²) in [5, 5.41) is 0. The summed E-state index contributed by atoms with van der Waals surface area (Å²) in [4.78, 5) is 13.6. The molecule has 3 rings (SSSR count). The van der Waals surface area contributed by atoms with Gasteiger partial charge in [0.25, 0.3) is 0 Å². The van der Waals surface area contributed by atoms with E-state index in [-0.39, 0.29) is 0 Å². The van der Waals surface area contributed by atoms with Crippen LogP contribution in [0.15, 0.2) is 17.0 Å². The molecule has 104 valence electrons. The molecule has 0 bridgehead atoms. The van der Waals surface area contributed by atoms with Gasteiger partial charge in [0.1, 0.15) is 12.1 Å². The highest BCUT2D eigenvalue weighted by Crippen LogP contribution is 2.30. The molecule has 0 aliphatic carbocycles. The van der Waals surface area contributed by atoms with Crippen LogP contribution in [0.4, 0.5) is 5.82 Å². The van der Waals surface area contributed by atoms with Crippen molar-refractivity contribution in [3.05, 3.63) is 17.0 Å². The average molecular weight is 325 g/mol. The number of likely N-dealkylation sites (tertiary alicyclic amines) is 1. The molecule has 0 amide bonds. The maximum Gasteiger partial charge on any atom is 0.146 e. The second kappa shape index (κ2) is 6.18. The van der Waals surface area contributed by atoms with Gasteiger partial charge < -0.3 is 9.80 Å². The lowest BCUT2D eigenvalue weighted by Gasteiger charge is -2.33. The van der Waals surface area contributed by atoms with Crippen LogP contribution in [-0.2, 0) is 0 Å². The topological polar surface area (TPSA) is 32.3 Å². The maximum atomic E-state index is 4.45. The molecule has 0 unspecified atom stereocenters. The van der Waals surface area contributed by atoms with Crippen LogP contribution < -0.4 is 4.90 Å². The molecular weight excluding hydrogens is 304 g/mol. The number of hydrogen-bond donors (Lipinski definition) is 0. The molecule has 2 fully saturated rings. The Morgan fingerprint density at radius 2 is 2.00 bits per heavy atom. The van der Waals surface area contributed by atoms with Crippen molar-refractivity contribution in [1.82, 2.24) is 14.9 Å². The quantitative estimate of drug-likeness (QED) is 0.855. The van der Waals surface area contributed by atoms with E-state index >= 15 is 0 Å². The van der Waals surface area contributed by atoms with Crippen molar-refractivity contribution in [2.45, 2.75) is 38.1 Å². The van der Waals surface area contributed by atoms with E-state index in [1.807, 2.05) is 6.20 Å². The van der Waals surface area contributed by atoms with Crippen molar-refractivity contribution in [3.63, 3.8) is 0 Å². The Morgan fingerprint density at radius 1 is 1.16 bits per heavy atom. The summed E-state index contributed by atoms with van der Waals surface area (Å²) >= 11 is 3.58. The molecule has 19 heavy (non-hydrogen) atoms. The van der Waals surface area contributed by atoms with E-state index in [1.54, 1.807) is 6.33 Å². The monoisotopic (exact) mass is 324 g/mol. The third-order valence-electron chi connectivity index (χ3n) is 4.22. The summed E-state index contributed by atoms with van der Waals surface area (Å²) in [6, 6.07) is 0.615. The van der Waals surface area contributed by atoms with Crippen molar-refractivity contribution >= 4 is 21.7 Å². The Balaban J connectivity index is 1.69. The average Bonchev–Trinajstić information content (AvgIpc) is 2.88. The van der Waals surface area contributed by atoms with E-state index in [0.29, 0.717) is 6.04 Å². The molecule has 0 aromatic carbocycles. The van der Waals surface area contributed by atoms with E-state index < -0.39 is 0 Å². The lowest BCUT2D eigenvalue weighted by Crippen LogP contribution is -2.42. The summed E-state index contributed by atoms with van der Waals surface area (Å²) in [7, 11) is 0. The molecular formula is C14H21BrN4. The molecule has 1 atom stereocenters. The van der Waals surface area contributed by atoms with Crippen molar-refractivity contribution in [2.24, 2.45) is 0 Å². The third-order valence-corrected chi connectivity index (χ3v) is 4.77. The molecule has 0 N–H and O–H groups in total. The van der Waals surface area contributed by atoms with Crippen LogP contribution in [0.5, 0.6) is 0 Å². The fourth-order valence-electron chi connectivity index (χ4n) is 3.26. The second-order valence-electron chi connectivity index (χ2n) is 5.54. The summed E-state index contributed by atoms with van der Waals surface area (Å²) < 4.78 is 1.01. The summed E-state index contributed by atoms with van der Waals surface area (Å²) in [6.45, 7) is 4.86. The molecule has 0 radical (unpaired) electrons. The molecule has 5 heteroatoms. The number of anilines is 1. The van der Waals surface area contributed by atoms with Gasteiger partial charge in [-0.1, -0.05) is 6.42 Å². The van der Waals surface area contributed by atoms with Gasteiger partial charge in [-0.05, 0) is 54.7 Å². The number of aromatic nitrogens is 2. The number of piperidine rings is 1. The van der Waals surface area contributed by atoms with Gasteiger partial charge in [-0.2, -0.15) is 0 Å². The molecule has 1 aromatic rings. The van der Waals surface area contributed by atoms with Gasteiger partial charge in [0, 0.05) is 25.3 Å². The zero-order valence-electron chi connectivity index (χ0n) is 11.3. The fraction of sp³-hybridized carbons (Fsp3) is 0.714. The minimum atomic E-state index is 0.615. The van der Waals surface area contributed by atoms with Crippen molar-refractivity contribution in [1.29, 1.82) is 0 Å². The van der Waals surface area contributed by atoms with Gasteiger partial charge in [-0.15, -0.1) is 0 Å². The van der Waals surface area contributed by atoms with Crippen LogP contribution >= 0.6 is 15.9 Å². The van der Waals surface area contributed by atoms with Gasteiger partial charge in [-0.25, -0.2) is 9.97 Å². The molecule has 3 heterocycles. The van der Waals surface area contributed by atoms with Crippen LogP contribution in [-0.4, -0.2) is 47.1 Å². The number of rotatable bonds is 3. The highest BCUT2D eigenvalue weighted by Gasteiger charge is 2.29. The maximum absolute atomic E-state index is 4.45. The smallest absolute Gasteiger partial charge is 0.146 e. The van der Waals surface area contributed by atoms with Crippen molar-refractivity contribution < 1.29 is 0 Å². The van der Waals surface area contributed by atoms with Gasteiger partial charge in [0.2, 0.25) is 0 Å². The first-order valence-corrected chi connectivity index (χ1v) is 8.08. The Morgan fingerprint density at radius 3 is 2.79 bits per heavy atom. The van der Waals surface area contributed by atoms with Crippen molar-refractivity contribution in [2.75, 3.05) is 31.1 Å². The van der Waals surface area contributed by atoms with Gasteiger partial charge in [-0.3, -0.25) is 0 Å². The van der Waals surface area contributed by atoms with Crippen LogP contribution in [0.1, 0.15) is 32.1 Å².